The van der Waals surface area contributed by atoms with Crippen molar-refractivity contribution in [2.24, 2.45) is 5.92 Å². The molecule has 2 rings (SSSR count). The van der Waals surface area contributed by atoms with E-state index in [2.05, 4.69) is 37.6 Å². The molecule has 1 heterocycles. The molecule has 0 aromatic carbocycles. The zero-order valence-electron chi connectivity index (χ0n) is 10.3. The standard InChI is InChI=1S/C13H21NOS/c1-9-6-12(9)13-5-4-11(15-13)7-14-10(2)8-16-3/h4-5,9-10,12,14H,6-8H2,1-3H3. The smallest absolute Gasteiger partial charge is 0.117 e. The predicted octanol–water partition coefficient (Wildman–Crippen LogP) is 3.24. The minimum absolute atomic E-state index is 0.545. The Balaban J connectivity index is 1.79. The van der Waals surface area contributed by atoms with Crippen LogP contribution in [0.3, 0.4) is 0 Å². The summed E-state index contributed by atoms with van der Waals surface area (Å²) in [4.78, 5) is 0. The minimum Gasteiger partial charge on any atom is -0.464 e. The van der Waals surface area contributed by atoms with Gasteiger partial charge >= 0.3 is 0 Å². The van der Waals surface area contributed by atoms with Crippen molar-refractivity contribution in [3.8, 4) is 0 Å². The Labute approximate surface area is 102 Å². The summed E-state index contributed by atoms with van der Waals surface area (Å²) in [5.41, 5.74) is 0. The first kappa shape index (κ1) is 12.1. The van der Waals surface area contributed by atoms with Crippen molar-refractivity contribution in [3.05, 3.63) is 23.7 Å². The van der Waals surface area contributed by atoms with Gasteiger partial charge in [-0.05, 0) is 37.7 Å². The lowest BCUT2D eigenvalue weighted by Gasteiger charge is -2.10. The lowest BCUT2D eigenvalue weighted by Crippen LogP contribution is -2.27. The summed E-state index contributed by atoms with van der Waals surface area (Å²) < 4.78 is 5.84. The van der Waals surface area contributed by atoms with E-state index >= 15 is 0 Å². The van der Waals surface area contributed by atoms with Crippen LogP contribution in [0.4, 0.5) is 0 Å². The molecule has 0 aliphatic heterocycles. The molecule has 90 valence electrons. The highest BCUT2D eigenvalue weighted by atomic mass is 32.2. The van der Waals surface area contributed by atoms with Crippen LogP contribution in [-0.4, -0.2) is 18.1 Å². The van der Waals surface area contributed by atoms with E-state index in [1.54, 1.807) is 0 Å². The minimum atomic E-state index is 0.545. The number of furan rings is 1. The molecule has 2 nitrogen and oxygen atoms in total. The zero-order valence-corrected chi connectivity index (χ0v) is 11.1. The average Bonchev–Trinajstić information content (AvgIpc) is 2.80. The van der Waals surface area contributed by atoms with Gasteiger partial charge in [-0.3, -0.25) is 0 Å². The quantitative estimate of drug-likeness (QED) is 0.825. The summed E-state index contributed by atoms with van der Waals surface area (Å²) in [6.07, 6.45) is 3.43. The van der Waals surface area contributed by atoms with Crippen LogP contribution in [0.5, 0.6) is 0 Å². The van der Waals surface area contributed by atoms with Gasteiger partial charge in [0.05, 0.1) is 6.54 Å². The molecule has 1 fully saturated rings. The fraction of sp³-hybridized carbons (Fsp3) is 0.692. The summed E-state index contributed by atoms with van der Waals surface area (Å²) in [5, 5.41) is 3.47. The summed E-state index contributed by atoms with van der Waals surface area (Å²) in [6.45, 7) is 5.35. The monoisotopic (exact) mass is 239 g/mol. The Morgan fingerprint density at radius 2 is 2.31 bits per heavy atom. The van der Waals surface area contributed by atoms with Crippen LogP contribution in [0.1, 0.15) is 37.7 Å². The fourth-order valence-electron chi connectivity index (χ4n) is 1.99. The normalized spacial score (nSPS) is 25.7. The van der Waals surface area contributed by atoms with Gasteiger partial charge in [-0.15, -0.1) is 0 Å². The maximum Gasteiger partial charge on any atom is 0.117 e. The third-order valence-electron chi connectivity index (χ3n) is 3.20. The van der Waals surface area contributed by atoms with E-state index < -0.39 is 0 Å². The first-order chi connectivity index (χ1) is 7.70. The van der Waals surface area contributed by atoms with Crippen molar-refractivity contribution in [2.45, 2.75) is 38.8 Å². The van der Waals surface area contributed by atoms with E-state index in [4.69, 9.17) is 4.42 Å². The van der Waals surface area contributed by atoms with Gasteiger partial charge in [0.2, 0.25) is 0 Å². The third kappa shape index (κ3) is 3.05. The molecule has 0 radical (unpaired) electrons. The van der Waals surface area contributed by atoms with Gasteiger partial charge in [-0.2, -0.15) is 11.8 Å². The SMILES string of the molecule is CSCC(C)NCc1ccc(C2CC2C)o1. The summed E-state index contributed by atoms with van der Waals surface area (Å²) in [5.74, 6) is 4.91. The molecule has 0 saturated heterocycles. The van der Waals surface area contributed by atoms with E-state index in [0.29, 0.717) is 12.0 Å². The van der Waals surface area contributed by atoms with E-state index in [-0.39, 0.29) is 0 Å². The Kier molecular flexibility index (Phi) is 3.98. The maximum atomic E-state index is 5.84. The number of hydrogen-bond donors (Lipinski definition) is 1. The number of hydrogen-bond acceptors (Lipinski definition) is 3. The number of nitrogens with one attached hydrogen (secondary N) is 1. The molecule has 3 atom stereocenters. The molecule has 1 aliphatic carbocycles. The first-order valence-corrected chi connectivity index (χ1v) is 7.41. The van der Waals surface area contributed by atoms with Crippen molar-refractivity contribution >= 4 is 11.8 Å². The van der Waals surface area contributed by atoms with Crippen LogP contribution < -0.4 is 5.32 Å². The lowest BCUT2D eigenvalue weighted by molar-refractivity contribution is 0.434. The second-order valence-corrected chi connectivity index (χ2v) is 5.77. The second-order valence-electron chi connectivity index (χ2n) is 4.86. The van der Waals surface area contributed by atoms with Gasteiger partial charge in [0.25, 0.3) is 0 Å². The molecule has 3 unspecified atom stereocenters. The van der Waals surface area contributed by atoms with Gasteiger partial charge in [-0.25, -0.2) is 0 Å². The van der Waals surface area contributed by atoms with Crippen LogP contribution in [0, 0.1) is 5.92 Å². The van der Waals surface area contributed by atoms with Gasteiger partial charge < -0.3 is 9.73 Å². The summed E-state index contributed by atoms with van der Waals surface area (Å²) in [6, 6.07) is 4.80. The fourth-order valence-corrected chi connectivity index (χ4v) is 2.61. The van der Waals surface area contributed by atoms with E-state index in [9.17, 15) is 0 Å². The molecule has 1 aromatic rings. The molecule has 0 amide bonds. The van der Waals surface area contributed by atoms with Crippen molar-refractivity contribution in [1.82, 2.24) is 5.32 Å². The van der Waals surface area contributed by atoms with Crippen LogP contribution in [0.15, 0.2) is 16.5 Å². The van der Waals surface area contributed by atoms with E-state index in [0.717, 1.165) is 24.0 Å². The topological polar surface area (TPSA) is 25.2 Å². The number of thioether (sulfide) groups is 1. The molecule has 1 N–H and O–H groups in total. The van der Waals surface area contributed by atoms with Crippen LogP contribution in [0.2, 0.25) is 0 Å². The molecule has 1 saturated carbocycles. The third-order valence-corrected chi connectivity index (χ3v) is 4.03. The molecule has 16 heavy (non-hydrogen) atoms. The zero-order chi connectivity index (χ0) is 11.5. The highest BCUT2D eigenvalue weighted by Crippen LogP contribution is 2.47. The van der Waals surface area contributed by atoms with Crippen molar-refractivity contribution in [2.75, 3.05) is 12.0 Å². The molecular weight excluding hydrogens is 218 g/mol. The molecular formula is C13H21NOS. The van der Waals surface area contributed by atoms with Crippen molar-refractivity contribution in [3.63, 3.8) is 0 Å². The average molecular weight is 239 g/mol. The van der Waals surface area contributed by atoms with Gasteiger partial charge in [0, 0.05) is 17.7 Å². The van der Waals surface area contributed by atoms with Crippen LogP contribution >= 0.6 is 11.8 Å². The first-order valence-electron chi connectivity index (χ1n) is 6.01. The molecule has 1 aromatic heterocycles. The number of rotatable bonds is 6. The largest absolute Gasteiger partial charge is 0.464 e. The van der Waals surface area contributed by atoms with Crippen molar-refractivity contribution in [1.29, 1.82) is 0 Å². The van der Waals surface area contributed by atoms with Gasteiger partial charge in [-0.1, -0.05) is 6.92 Å². The predicted molar refractivity (Wildman–Crippen MR) is 69.9 cm³/mol. The molecule has 3 heteroatoms. The second kappa shape index (κ2) is 5.28. The Morgan fingerprint density at radius 3 is 2.94 bits per heavy atom. The molecule has 0 bridgehead atoms. The highest BCUT2D eigenvalue weighted by molar-refractivity contribution is 7.98. The van der Waals surface area contributed by atoms with E-state index in [1.807, 2.05) is 11.8 Å². The van der Waals surface area contributed by atoms with Gasteiger partial charge in [0.15, 0.2) is 0 Å². The van der Waals surface area contributed by atoms with Crippen LogP contribution in [-0.2, 0) is 6.54 Å². The highest BCUT2D eigenvalue weighted by Gasteiger charge is 2.36. The summed E-state index contributed by atoms with van der Waals surface area (Å²) >= 11 is 1.87. The molecule has 1 aliphatic rings. The van der Waals surface area contributed by atoms with E-state index in [1.165, 1.54) is 12.2 Å². The Bertz CT molecular complexity index is 336. The van der Waals surface area contributed by atoms with Crippen molar-refractivity contribution < 1.29 is 4.42 Å². The maximum absolute atomic E-state index is 5.84. The molecule has 0 spiro atoms. The Morgan fingerprint density at radius 1 is 1.56 bits per heavy atom. The lowest BCUT2D eigenvalue weighted by atomic mass is 10.3. The summed E-state index contributed by atoms with van der Waals surface area (Å²) in [7, 11) is 0. The Hall–Kier alpha value is -0.410. The van der Waals surface area contributed by atoms with Gasteiger partial charge in [0.1, 0.15) is 11.5 Å². The van der Waals surface area contributed by atoms with Crippen LogP contribution in [0.25, 0.3) is 0 Å².